The van der Waals surface area contributed by atoms with E-state index in [0.29, 0.717) is 19.1 Å². The van der Waals surface area contributed by atoms with Crippen LogP contribution in [0.2, 0.25) is 0 Å². The normalized spacial score (nSPS) is 17.4. The second kappa shape index (κ2) is 6.35. The summed E-state index contributed by atoms with van der Waals surface area (Å²) >= 11 is 3.41. The molecule has 6 heteroatoms. The lowest BCUT2D eigenvalue weighted by Crippen LogP contribution is -2.39. The Bertz CT molecular complexity index is 529. The molecule has 19 heavy (non-hydrogen) atoms. The minimum atomic E-state index is -3.28. The lowest BCUT2D eigenvalue weighted by molar-refractivity contribution is 0.557. The molecule has 0 bridgehead atoms. The standard InChI is InChI=1S/C13H19BrN2O2S/c1-10(8-15-12-6-7-12)19(17,18)16-9-11-4-2-3-5-13(11)14/h2-5,10,12,15-16H,6-9H2,1H3. The average molecular weight is 347 g/mol. The van der Waals surface area contributed by atoms with Crippen LogP contribution in [0.25, 0.3) is 0 Å². The molecule has 0 aromatic heterocycles. The van der Waals surface area contributed by atoms with Crippen molar-refractivity contribution in [3.63, 3.8) is 0 Å². The Hall–Kier alpha value is -0.430. The van der Waals surface area contributed by atoms with E-state index in [-0.39, 0.29) is 0 Å². The van der Waals surface area contributed by atoms with Gasteiger partial charge in [0.2, 0.25) is 10.0 Å². The molecule has 4 nitrogen and oxygen atoms in total. The van der Waals surface area contributed by atoms with Gasteiger partial charge < -0.3 is 5.32 Å². The molecule has 0 heterocycles. The minimum absolute atomic E-state index is 0.317. The van der Waals surface area contributed by atoms with E-state index in [1.165, 1.54) is 0 Å². The van der Waals surface area contributed by atoms with E-state index in [0.717, 1.165) is 22.9 Å². The topological polar surface area (TPSA) is 58.2 Å². The largest absolute Gasteiger partial charge is 0.313 e. The van der Waals surface area contributed by atoms with Crippen LogP contribution in [0.4, 0.5) is 0 Å². The van der Waals surface area contributed by atoms with E-state index in [1.807, 2.05) is 24.3 Å². The Morgan fingerprint density at radius 3 is 2.68 bits per heavy atom. The Balaban J connectivity index is 1.87. The fourth-order valence-electron chi connectivity index (χ4n) is 1.69. The van der Waals surface area contributed by atoms with E-state index in [1.54, 1.807) is 6.92 Å². The summed E-state index contributed by atoms with van der Waals surface area (Å²) in [5, 5.41) is 2.82. The van der Waals surface area contributed by atoms with Gasteiger partial charge >= 0.3 is 0 Å². The predicted octanol–water partition coefficient (Wildman–Crippen LogP) is 2.01. The van der Waals surface area contributed by atoms with Crippen molar-refractivity contribution in [2.75, 3.05) is 6.54 Å². The predicted molar refractivity (Wildman–Crippen MR) is 80.4 cm³/mol. The molecule has 106 valence electrons. The quantitative estimate of drug-likeness (QED) is 0.793. The second-order valence-corrected chi connectivity index (χ2v) is 7.99. The first-order valence-corrected chi connectivity index (χ1v) is 8.78. The van der Waals surface area contributed by atoms with E-state index < -0.39 is 15.3 Å². The van der Waals surface area contributed by atoms with E-state index in [9.17, 15) is 8.42 Å². The zero-order valence-corrected chi connectivity index (χ0v) is 13.3. The number of nitrogens with one attached hydrogen (secondary N) is 2. The lowest BCUT2D eigenvalue weighted by Gasteiger charge is -2.15. The van der Waals surface area contributed by atoms with Crippen molar-refractivity contribution in [3.05, 3.63) is 34.3 Å². The van der Waals surface area contributed by atoms with Crippen LogP contribution in [0.3, 0.4) is 0 Å². The molecule has 2 N–H and O–H groups in total. The number of benzene rings is 1. The first-order valence-electron chi connectivity index (χ1n) is 6.44. The van der Waals surface area contributed by atoms with Crippen LogP contribution in [0.15, 0.2) is 28.7 Å². The van der Waals surface area contributed by atoms with Gasteiger partial charge in [0, 0.05) is 23.6 Å². The number of hydrogen-bond acceptors (Lipinski definition) is 3. The van der Waals surface area contributed by atoms with Crippen LogP contribution in [0.5, 0.6) is 0 Å². The van der Waals surface area contributed by atoms with Gasteiger partial charge in [0.25, 0.3) is 0 Å². The van der Waals surface area contributed by atoms with E-state index in [4.69, 9.17) is 0 Å². The number of rotatable bonds is 7. The SMILES string of the molecule is CC(CNC1CC1)S(=O)(=O)NCc1ccccc1Br. The molecule has 1 aromatic carbocycles. The summed E-state index contributed by atoms with van der Waals surface area (Å²) in [7, 11) is -3.28. The fourth-order valence-corrected chi connectivity index (χ4v) is 3.07. The third-order valence-electron chi connectivity index (χ3n) is 3.22. The third kappa shape index (κ3) is 4.56. The van der Waals surface area contributed by atoms with Crippen molar-refractivity contribution in [2.24, 2.45) is 0 Å². The highest BCUT2D eigenvalue weighted by atomic mass is 79.9. The Labute approximate surface area is 123 Å². The van der Waals surface area contributed by atoms with E-state index >= 15 is 0 Å². The van der Waals surface area contributed by atoms with Gasteiger partial charge in [0.1, 0.15) is 0 Å². The molecule has 0 radical (unpaired) electrons. The van der Waals surface area contributed by atoms with Gasteiger partial charge in [-0.05, 0) is 31.4 Å². The first-order chi connectivity index (χ1) is 8.99. The van der Waals surface area contributed by atoms with Gasteiger partial charge in [-0.3, -0.25) is 0 Å². The maximum atomic E-state index is 12.1. The minimum Gasteiger partial charge on any atom is -0.313 e. The van der Waals surface area contributed by atoms with Gasteiger partial charge in [-0.15, -0.1) is 0 Å². The highest BCUT2D eigenvalue weighted by Gasteiger charge is 2.25. The molecule has 1 aliphatic carbocycles. The molecule has 2 rings (SSSR count). The molecule has 1 unspecified atom stereocenters. The van der Waals surface area contributed by atoms with Crippen molar-refractivity contribution in [3.8, 4) is 0 Å². The second-order valence-electron chi connectivity index (χ2n) is 4.95. The van der Waals surface area contributed by atoms with Crippen LogP contribution in [-0.4, -0.2) is 26.3 Å². The third-order valence-corrected chi connectivity index (χ3v) is 5.77. The van der Waals surface area contributed by atoms with Gasteiger partial charge in [-0.1, -0.05) is 34.1 Å². The Morgan fingerprint density at radius 2 is 2.05 bits per heavy atom. The summed E-state index contributed by atoms with van der Waals surface area (Å²) in [6.45, 7) is 2.56. The summed E-state index contributed by atoms with van der Waals surface area (Å²) in [5.74, 6) is 0. The molecule has 1 fully saturated rings. The van der Waals surface area contributed by atoms with Crippen LogP contribution in [0.1, 0.15) is 25.3 Å². The van der Waals surface area contributed by atoms with Crippen molar-refractivity contribution in [1.82, 2.24) is 10.0 Å². The highest BCUT2D eigenvalue weighted by Crippen LogP contribution is 2.19. The van der Waals surface area contributed by atoms with Crippen molar-refractivity contribution in [2.45, 2.75) is 37.6 Å². The summed E-state index contributed by atoms with van der Waals surface area (Å²) in [4.78, 5) is 0. The maximum absolute atomic E-state index is 12.1. The molecule has 0 saturated heterocycles. The Morgan fingerprint density at radius 1 is 1.37 bits per heavy atom. The van der Waals surface area contributed by atoms with E-state index in [2.05, 4.69) is 26.0 Å². The molecule has 1 aromatic rings. The summed E-state index contributed by atoms with van der Waals surface area (Å²) in [6, 6.07) is 8.14. The molecule has 1 saturated carbocycles. The molecule has 1 atom stereocenters. The molecule has 0 spiro atoms. The van der Waals surface area contributed by atoms with Gasteiger partial charge in [0.15, 0.2) is 0 Å². The summed E-state index contributed by atoms with van der Waals surface area (Å²) in [5.41, 5.74) is 0.938. The molecule has 0 amide bonds. The lowest BCUT2D eigenvalue weighted by atomic mass is 10.2. The van der Waals surface area contributed by atoms with Crippen molar-refractivity contribution < 1.29 is 8.42 Å². The molecular weight excluding hydrogens is 328 g/mol. The highest BCUT2D eigenvalue weighted by molar-refractivity contribution is 9.10. The average Bonchev–Trinajstić information content (AvgIpc) is 3.19. The fraction of sp³-hybridized carbons (Fsp3) is 0.538. The molecule has 0 aliphatic heterocycles. The first kappa shape index (κ1) is 15.0. The van der Waals surface area contributed by atoms with Crippen molar-refractivity contribution >= 4 is 26.0 Å². The Kier molecular flexibility index (Phi) is 5.00. The van der Waals surface area contributed by atoms with Crippen LogP contribution in [0, 0.1) is 0 Å². The zero-order chi connectivity index (χ0) is 13.9. The van der Waals surface area contributed by atoms with Crippen LogP contribution < -0.4 is 10.0 Å². The maximum Gasteiger partial charge on any atom is 0.215 e. The van der Waals surface area contributed by atoms with Crippen LogP contribution in [-0.2, 0) is 16.6 Å². The molecular formula is C13H19BrN2O2S. The van der Waals surface area contributed by atoms with Gasteiger partial charge in [0.05, 0.1) is 5.25 Å². The molecule has 1 aliphatic rings. The van der Waals surface area contributed by atoms with Gasteiger partial charge in [-0.25, -0.2) is 13.1 Å². The van der Waals surface area contributed by atoms with Gasteiger partial charge in [-0.2, -0.15) is 0 Å². The van der Waals surface area contributed by atoms with Crippen molar-refractivity contribution in [1.29, 1.82) is 0 Å². The number of hydrogen-bond donors (Lipinski definition) is 2. The number of halogens is 1. The smallest absolute Gasteiger partial charge is 0.215 e. The number of sulfonamides is 1. The monoisotopic (exact) mass is 346 g/mol. The van der Waals surface area contributed by atoms with Crippen LogP contribution >= 0.6 is 15.9 Å². The zero-order valence-electron chi connectivity index (χ0n) is 10.9. The summed E-state index contributed by atoms with van der Waals surface area (Å²) < 4.78 is 27.7. The summed E-state index contributed by atoms with van der Waals surface area (Å²) in [6.07, 6.45) is 2.33.